The van der Waals surface area contributed by atoms with Crippen molar-refractivity contribution >= 4 is 5.97 Å². The molecular formula is C12H21N3O3. The van der Waals surface area contributed by atoms with Gasteiger partial charge in [0.15, 0.2) is 5.82 Å². The Morgan fingerprint density at radius 1 is 1.50 bits per heavy atom. The Kier molecular flexibility index (Phi) is 5.77. The zero-order chi connectivity index (χ0) is 13.5. The Hall–Kier alpha value is -1.43. The van der Waals surface area contributed by atoms with Gasteiger partial charge >= 0.3 is 5.97 Å². The maximum atomic E-state index is 10.9. The summed E-state index contributed by atoms with van der Waals surface area (Å²) in [6.45, 7) is 5.43. The predicted molar refractivity (Wildman–Crippen MR) is 66.0 cm³/mol. The normalized spacial score (nSPS) is 11.2. The molecule has 1 heterocycles. The zero-order valence-electron chi connectivity index (χ0n) is 11.5. The second-order valence-corrected chi connectivity index (χ2v) is 4.62. The summed E-state index contributed by atoms with van der Waals surface area (Å²) in [5.74, 6) is 1.43. The number of esters is 1. The number of hydrogen-bond acceptors (Lipinski definition) is 6. The number of ether oxygens (including phenoxy) is 1. The van der Waals surface area contributed by atoms with Crippen molar-refractivity contribution in [3.63, 3.8) is 0 Å². The topological polar surface area (TPSA) is 68.5 Å². The molecule has 18 heavy (non-hydrogen) atoms. The van der Waals surface area contributed by atoms with E-state index in [4.69, 9.17) is 4.52 Å². The molecule has 102 valence electrons. The summed E-state index contributed by atoms with van der Waals surface area (Å²) in [4.78, 5) is 17.3. The highest BCUT2D eigenvalue weighted by molar-refractivity contribution is 5.69. The van der Waals surface area contributed by atoms with Crippen LogP contribution in [0, 0.1) is 0 Å². The number of rotatable bonds is 7. The van der Waals surface area contributed by atoms with Gasteiger partial charge in [-0.2, -0.15) is 4.98 Å². The molecule has 6 nitrogen and oxygen atoms in total. The minimum absolute atomic E-state index is 0.178. The van der Waals surface area contributed by atoms with Crippen molar-refractivity contribution in [1.82, 2.24) is 15.0 Å². The van der Waals surface area contributed by atoms with E-state index in [2.05, 4.69) is 14.9 Å². The average Bonchev–Trinajstić information content (AvgIpc) is 2.77. The number of methoxy groups -OCH3 is 1. The van der Waals surface area contributed by atoms with Crippen LogP contribution in [0.5, 0.6) is 0 Å². The van der Waals surface area contributed by atoms with E-state index in [1.165, 1.54) is 7.11 Å². The number of carbonyl (C=O) groups excluding carboxylic acids is 1. The molecule has 0 saturated carbocycles. The molecule has 0 spiro atoms. The van der Waals surface area contributed by atoms with Gasteiger partial charge in [0.25, 0.3) is 0 Å². The molecule has 0 fully saturated rings. The van der Waals surface area contributed by atoms with Crippen LogP contribution in [0.1, 0.15) is 44.3 Å². The molecule has 0 unspecified atom stereocenters. The van der Waals surface area contributed by atoms with E-state index < -0.39 is 0 Å². The van der Waals surface area contributed by atoms with Crippen LogP contribution in [0.15, 0.2) is 4.52 Å². The fourth-order valence-corrected chi connectivity index (χ4v) is 1.47. The van der Waals surface area contributed by atoms with E-state index in [9.17, 15) is 4.79 Å². The lowest BCUT2D eigenvalue weighted by atomic mass is 10.2. The van der Waals surface area contributed by atoms with Crippen LogP contribution in [-0.2, 0) is 16.1 Å². The molecule has 0 aliphatic heterocycles. The lowest BCUT2D eigenvalue weighted by Gasteiger charge is -2.13. The summed E-state index contributed by atoms with van der Waals surface area (Å²) in [6, 6.07) is 0. The van der Waals surface area contributed by atoms with E-state index in [0.717, 1.165) is 18.8 Å². The van der Waals surface area contributed by atoms with Gasteiger partial charge in [-0.3, -0.25) is 9.69 Å². The molecule has 0 aromatic carbocycles. The van der Waals surface area contributed by atoms with Gasteiger partial charge in [0.05, 0.1) is 13.7 Å². The average molecular weight is 255 g/mol. The molecular weight excluding hydrogens is 234 g/mol. The lowest BCUT2D eigenvalue weighted by Crippen LogP contribution is -2.20. The lowest BCUT2D eigenvalue weighted by molar-refractivity contribution is -0.140. The number of aromatic nitrogens is 2. The first-order chi connectivity index (χ1) is 8.52. The highest BCUT2D eigenvalue weighted by Crippen LogP contribution is 2.10. The molecule has 0 amide bonds. The molecule has 0 radical (unpaired) electrons. The first-order valence-electron chi connectivity index (χ1n) is 6.10. The van der Waals surface area contributed by atoms with Gasteiger partial charge in [-0.15, -0.1) is 0 Å². The smallest absolute Gasteiger partial charge is 0.305 e. The Bertz CT molecular complexity index is 376. The molecule has 0 atom stereocenters. The third-order valence-electron chi connectivity index (χ3n) is 2.55. The summed E-state index contributed by atoms with van der Waals surface area (Å²) < 4.78 is 9.73. The molecule has 0 N–H and O–H groups in total. The van der Waals surface area contributed by atoms with Gasteiger partial charge in [0, 0.05) is 12.3 Å². The van der Waals surface area contributed by atoms with E-state index >= 15 is 0 Å². The summed E-state index contributed by atoms with van der Waals surface area (Å²) in [6.07, 6.45) is 1.19. The minimum Gasteiger partial charge on any atom is -0.469 e. The molecule has 1 aromatic rings. The second kappa shape index (κ2) is 7.10. The van der Waals surface area contributed by atoms with Crippen LogP contribution in [0.4, 0.5) is 0 Å². The number of nitrogens with zero attached hydrogens (tertiary/aromatic N) is 3. The van der Waals surface area contributed by atoms with Crippen molar-refractivity contribution in [2.45, 2.75) is 39.2 Å². The first-order valence-corrected chi connectivity index (χ1v) is 6.10. The van der Waals surface area contributed by atoms with Crippen molar-refractivity contribution in [1.29, 1.82) is 0 Å². The van der Waals surface area contributed by atoms with Crippen LogP contribution >= 0.6 is 0 Å². The predicted octanol–water partition coefficient (Wildman–Crippen LogP) is 1.58. The minimum atomic E-state index is -0.178. The van der Waals surface area contributed by atoms with Crippen molar-refractivity contribution in [2.24, 2.45) is 0 Å². The van der Waals surface area contributed by atoms with Crippen LogP contribution in [0.25, 0.3) is 0 Å². The van der Waals surface area contributed by atoms with Gasteiger partial charge in [-0.25, -0.2) is 0 Å². The Morgan fingerprint density at radius 3 is 2.78 bits per heavy atom. The quantitative estimate of drug-likeness (QED) is 0.689. The van der Waals surface area contributed by atoms with Crippen LogP contribution in [-0.4, -0.2) is 41.7 Å². The molecule has 0 aliphatic rings. The molecule has 1 rings (SSSR count). The van der Waals surface area contributed by atoms with Gasteiger partial charge in [-0.1, -0.05) is 19.0 Å². The van der Waals surface area contributed by atoms with Gasteiger partial charge in [0.1, 0.15) is 0 Å². The summed E-state index contributed by atoms with van der Waals surface area (Å²) >= 11 is 0. The standard InChI is InChI=1S/C12H21N3O3/c1-9(2)12-13-10(18-14-12)8-15(3)7-5-6-11(16)17-4/h9H,5-8H2,1-4H3. The summed E-state index contributed by atoms with van der Waals surface area (Å²) in [5, 5.41) is 3.90. The van der Waals surface area contributed by atoms with Crippen molar-refractivity contribution < 1.29 is 14.1 Å². The Morgan fingerprint density at radius 2 is 2.22 bits per heavy atom. The fraction of sp³-hybridized carbons (Fsp3) is 0.750. The van der Waals surface area contributed by atoms with Crippen LogP contribution in [0.2, 0.25) is 0 Å². The highest BCUT2D eigenvalue weighted by atomic mass is 16.5. The van der Waals surface area contributed by atoms with Gasteiger partial charge in [-0.05, 0) is 20.0 Å². The van der Waals surface area contributed by atoms with E-state index in [1.54, 1.807) is 0 Å². The number of hydrogen-bond donors (Lipinski definition) is 0. The first kappa shape index (κ1) is 14.6. The summed E-state index contributed by atoms with van der Waals surface area (Å²) in [7, 11) is 3.36. The third-order valence-corrected chi connectivity index (χ3v) is 2.55. The zero-order valence-corrected chi connectivity index (χ0v) is 11.5. The van der Waals surface area contributed by atoms with Crippen LogP contribution < -0.4 is 0 Å². The maximum Gasteiger partial charge on any atom is 0.305 e. The van der Waals surface area contributed by atoms with Crippen molar-refractivity contribution in [3.05, 3.63) is 11.7 Å². The Balaban J connectivity index is 2.30. The van der Waals surface area contributed by atoms with Gasteiger partial charge < -0.3 is 9.26 Å². The SMILES string of the molecule is COC(=O)CCCN(C)Cc1nc(C(C)C)no1. The fourth-order valence-electron chi connectivity index (χ4n) is 1.47. The van der Waals surface area contributed by atoms with Crippen molar-refractivity contribution in [3.8, 4) is 0 Å². The highest BCUT2D eigenvalue weighted by Gasteiger charge is 2.11. The number of carbonyl (C=O) groups is 1. The van der Waals surface area contributed by atoms with E-state index in [1.807, 2.05) is 25.8 Å². The van der Waals surface area contributed by atoms with Gasteiger partial charge in [0.2, 0.25) is 5.89 Å². The largest absolute Gasteiger partial charge is 0.469 e. The molecule has 1 aromatic heterocycles. The van der Waals surface area contributed by atoms with E-state index in [0.29, 0.717) is 18.9 Å². The van der Waals surface area contributed by atoms with Crippen molar-refractivity contribution in [2.75, 3.05) is 20.7 Å². The molecule has 0 bridgehead atoms. The maximum absolute atomic E-state index is 10.9. The monoisotopic (exact) mass is 255 g/mol. The third kappa shape index (κ3) is 4.83. The van der Waals surface area contributed by atoms with Crippen LogP contribution in [0.3, 0.4) is 0 Å². The molecule has 0 saturated heterocycles. The second-order valence-electron chi connectivity index (χ2n) is 4.62. The molecule has 0 aliphatic carbocycles. The Labute approximate surface area is 107 Å². The van der Waals surface area contributed by atoms with E-state index in [-0.39, 0.29) is 11.9 Å². The summed E-state index contributed by atoms with van der Waals surface area (Å²) in [5.41, 5.74) is 0. The molecule has 6 heteroatoms.